The van der Waals surface area contributed by atoms with Crippen LogP contribution in [0.25, 0.3) is 0 Å². The molecule has 1 nitrogen and oxygen atoms in total. The molecule has 0 saturated carbocycles. The average molecular weight is 241 g/mol. The minimum atomic E-state index is 0.386. The highest BCUT2D eigenvalue weighted by Crippen LogP contribution is 2.21. The molecular weight excluding hydrogens is 206 g/mol. The number of rotatable bonds is 12. The normalized spacial score (nSPS) is 14.8. The van der Waals surface area contributed by atoms with Crippen LogP contribution < -0.4 is 5.73 Å². The van der Waals surface area contributed by atoms with Crippen LogP contribution in [0, 0.1) is 5.92 Å². The SMILES string of the molecule is CCCCCCCCC(CCCC)CC(C)N. The van der Waals surface area contributed by atoms with Crippen LogP contribution in [0.4, 0.5) is 0 Å². The summed E-state index contributed by atoms with van der Waals surface area (Å²) in [4.78, 5) is 0. The molecule has 0 aromatic carbocycles. The minimum absolute atomic E-state index is 0.386. The van der Waals surface area contributed by atoms with Crippen molar-refractivity contribution in [2.45, 2.75) is 97.4 Å². The maximum absolute atomic E-state index is 5.93. The predicted molar refractivity (Wildman–Crippen MR) is 79.3 cm³/mol. The van der Waals surface area contributed by atoms with E-state index in [2.05, 4.69) is 20.8 Å². The molecule has 0 aliphatic rings. The summed E-state index contributed by atoms with van der Waals surface area (Å²) in [6, 6.07) is 0.386. The van der Waals surface area contributed by atoms with Crippen LogP contribution in [0.2, 0.25) is 0 Å². The Morgan fingerprint density at radius 3 is 1.88 bits per heavy atom. The van der Waals surface area contributed by atoms with Gasteiger partial charge in [-0.15, -0.1) is 0 Å². The highest BCUT2D eigenvalue weighted by atomic mass is 14.6. The van der Waals surface area contributed by atoms with Gasteiger partial charge in [0.05, 0.1) is 0 Å². The third kappa shape index (κ3) is 12.2. The van der Waals surface area contributed by atoms with Gasteiger partial charge >= 0.3 is 0 Å². The van der Waals surface area contributed by atoms with E-state index in [1.165, 1.54) is 70.6 Å². The van der Waals surface area contributed by atoms with Crippen molar-refractivity contribution in [3.8, 4) is 0 Å². The first-order chi connectivity index (χ1) is 8.20. The van der Waals surface area contributed by atoms with Gasteiger partial charge in [0.1, 0.15) is 0 Å². The Morgan fingerprint density at radius 2 is 1.29 bits per heavy atom. The topological polar surface area (TPSA) is 26.0 Å². The first-order valence-electron chi connectivity index (χ1n) is 7.96. The van der Waals surface area contributed by atoms with E-state index in [1.807, 2.05) is 0 Å². The van der Waals surface area contributed by atoms with E-state index >= 15 is 0 Å². The summed E-state index contributed by atoms with van der Waals surface area (Å²) in [6.07, 6.45) is 15.2. The fraction of sp³-hybridized carbons (Fsp3) is 1.00. The van der Waals surface area contributed by atoms with Gasteiger partial charge in [0.2, 0.25) is 0 Å². The molecule has 0 aliphatic heterocycles. The van der Waals surface area contributed by atoms with Crippen molar-refractivity contribution in [3.05, 3.63) is 0 Å². The van der Waals surface area contributed by atoms with Crippen LogP contribution in [0.5, 0.6) is 0 Å². The third-order valence-electron chi connectivity index (χ3n) is 3.64. The number of hydrogen-bond acceptors (Lipinski definition) is 1. The van der Waals surface area contributed by atoms with E-state index in [0.717, 1.165) is 5.92 Å². The van der Waals surface area contributed by atoms with Gasteiger partial charge in [-0.3, -0.25) is 0 Å². The molecule has 0 rings (SSSR count). The van der Waals surface area contributed by atoms with E-state index in [4.69, 9.17) is 5.73 Å². The molecule has 0 heterocycles. The van der Waals surface area contributed by atoms with Crippen LogP contribution in [0.3, 0.4) is 0 Å². The van der Waals surface area contributed by atoms with Crippen molar-refractivity contribution < 1.29 is 0 Å². The summed E-state index contributed by atoms with van der Waals surface area (Å²) in [5.41, 5.74) is 5.93. The molecule has 17 heavy (non-hydrogen) atoms. The molecule has 1 heteroatoms. The van der Waals surface area contributed by atoms with Crippen molar-refractivity contribution in [3.63, 3.8) is 0 Å². The standard InChI is InChI=1S/C16H35N/c1-4-6-8-9-10-11-13-16(12-7-5-2)14-15(3)17/h15-16H,4-14,17H2,1-3H3. The molecule has 0 amide bonds. The van der Waals surface area contributed by atoms with E-state index in [-0.39, 0.29) is 0 Å². The van der Waals surface area contributed by atoms with Crippen LogP contribution in [0.1, 0.15) is 91.4 Å². The van der Waals surface area contributed by atoms with Crippen LogP contribution in [-0.2, 0) is 0 Å². The smallest absolute Gasteiger partial charge is 0.00131 e. The third-order valence-corrected chi connectivity index (χ3v) is 3.64. The lowest BCUT2D eigenvalue weighted by molar-refractivity contribution is 0.365. The molecule has 2 unspecified atom stereocenters. The van der Waals surface area contributed by atoms with Gasteiger partial charge in [-0.1, -0.05) is 78.1 Å². The molecule has 0 spiro atoms. The van der Waals surface area contributed by atoms with Gasteiger partial charge in [-0.25, -0.2) is 0 Å². The Balaban J connectivity index is 3.53. The second-order valence-electron chi connectivity index (χ2n) is 5.78. The predicted octanol–water partition coefficient (Wildman–Crippen LogP) is 5.28. The maximum atomic E-state index is 5.93. The highest BCUT2D eigenvalue weighted by Gasteiger charge is 2.10. The van der Waals surface area contributed by atoms with E-state index in [9.17, 15) is 0 Å². The van der Waals surface area contributed by atoms with Crippen molar-refractivity contribution in [1.29, 1.82) is 0 Å². The first kappa shape index (κ1) is 17.0. The lowest BCUT2D eigenvalue weighted by Crippen LogP contribution is -2.19. The molecule has 2 atom stereocenters. The monoisotopic (exact) mass is 241 g/mol. The lowest BCUT2D eigenvalue weighted by Gasteiger charge is -2.18. The van der Waals surface area contributed by atoms with Gasteiger partial charge in [-0.05, 0) is 19.3 Å². The van der Waals surface area contributed by atoms with Gasteiger partial charge < -0.3 is 5.73 Å². The average Bonchev–Trinajstić information content (AvgIpc) is 2.29. The summed E-state index contributed by atoms with van der Waals surface area (Å²) in [6.45, 7) is 6.72. The molecule has 0 radical (unpaired) electrons. The molecule has 0 saturated heterocycles. The molecule has 104 valence electrons. The lowest BCUT2D eigenvalue weighted by atomic mass is 9.90. The van der Waals surface area contributed by atoms with Crippen molar-refractivity contribution in [1.82, 2.24) is 0 Å². The van der Waals surface area contributed by atoms with Crippen LogP contribution in [-0.4, -0.2) is 6.04 Å². The summed E-state index contributed by atoms with van der Waals surface area (Å²) in [5, 5.41) is 0. The molecule has 0 fully saturated rings. The second kappa shape index (κ2) is 12.4. The Morgan fingerprint density at radius 1 is 0.765 bits per heavy atom. The number of nitrogens with two attached hydrogens (primary N) is 1. The second-order valence-corrected chi connectivity index (χ2v) is 5.78. The first-order valence-corrected chi connectivity index (χ1v) is 7.96. The molecule has 0 bridgehead atoms. The Labute approximate surface area is 110 Å². The Bertz CT molecular complexity index is 142. The highest BCUT2D eigenvalue weighted by molar-refractivity contribution is 4.65. The molecule has 0 aliphatic carbocycles. The fourth-order valence-corrected chi connectivity index (χ4v) is 2.61. The molecule has 2 N–H and O–H groups in total. The van der Waals surface area contributed by atoms with Crippen LogP contribution >= 0.6 is 0 Å². The van der Waals surface area contributed by atoms with Crippen LogP contribution in [0.15, 0.2) is 0 Å². The van der Waals surface area contributed by atoms with Gasteiger partial charge in [0.25, 0.3) is 0 Å². The molecular formula is C16H35N. The maximum Gasteiger partial charge on any atom is 0.00131 e. The summed E-state index contributed by atoms with van der Waals surface area (Å²) in [5.74, 6) is 0.890. The van der Waals surface area contributed by atoms with Crippen molar-refractivity contribution >= 4 is 0 Å². The fourth-order valence-electron chi connectivity index (χ4n) is 2.61. The molecule has 0 aromatic heterocycles. The summed E-state index contributed by atoms with van der Waals surface area (Å²) in [7, 11) is 0. The summed E-state index contributed by atoms with van der Waals surface area (Å²) >= 11 is 0. The molecule has 0 aromatic rings. The van der Waals surface area contributed by atoms with Gasteiger partial charge in [0, 0.05) is 6.04 Å². The van der Waals surface area contributed by atoms with E-state index in [0.29, 0.717) is 6.04 Å². The zero-order valence-electron chi connectivity index (χ0n) is 12.5. The number of hydrogen-bond donors (Lipinski definition) is 1. The minimum Gasteiger partial charge on any atom is -0.328 e. The van der Waals surface area contributed by atoms with Gasteiger partial charge in [0.15, 0.2) is 0 Å². The Kier molecular flexibility index (Phi) is 12.4. The zero-order valence-corrected chi connectivity index (χ0v) is 12.5. The Hall–Kier alpha value is -0.0400. The van der Waals surface area contributed by atoms with Crippen molar-refractivity contribution in [2.24, 2.45) is 11.7 Å². The van der Waals surface area contributed by atoms with Gasteiger partial charge in [-0.2, -0.15) is 0 Å². The number of unbranched alkanes of at least 4 members (excludes halogenated alkanes) is 6. The van der Waals surface area contributed by atoms with E-state index < -0.39 is 0 Å². The largest absolute Gasteiger partial charge is 0.328 e. The zero-order chi connectivity index (χ0) is 12.9. The quantitative estimate of drug-likeness (QED) is 0.462. The summed E-state index contributed by atoms with van der Waals surface area (Å²) < 4.78 is 0. The van der Waals surface area contributed by atoms with E-state index in [1.54, 1.807) is 0 Å². The van der Waals surface area contributed by atoms with Crippen molar-refractivity contribution in [2.75, 3.05) is 0 Å².